The summed E-state index contributed by atoms with van der Waals surface area (Å²) in [5, 5.41) is 0. The average molecular weight is 437 g/mol. The highest BCUT2D eigenvalue weighted by atomic mass is 32.2. The molecule has 0 spiro atoms. The Labute approximate surface area is 182 Å². The minimum absolute atomic E-state index is 0.170. The molecule has 0 unspecified atom stereocenters. The van der Waals surface area contributed by atoms with Crippen molar-refractivity contribution in [1.29, 1.82) is 0 Å². The monoisotopic (exact) mass is 436 g/mol. The first-order valence-corrected chi connectivity index (χ1v) is 11.4. The van der Waals surface area contributed by atoms with Gasteiger partial charge in [0.2, 0.25) is 0 Å². The second-order valence-corrected chi connectivity index (χ2v) is 9.41. The molecule has 7 heteroatoms. The number of hydrogen-bond acceptors (Lipinski definition) is 4. The molecular formula is C24H24N2O4S. The molecule has 0 atom stereocenters. The van der Waals surface area contributed by atoms with Gasteiger partial charge in [0.1, 0.15) is 5.75 Å². The molecule has 0 N–H and O–H groups in total. The van der Waals surface area contributed by atoms with Crippen LogP contribution in [0.3, 0.4) is 0 Å². The molecule has 0 bridgehead atoms. The third-order valence-electron chi connectivity index (χ3n) is 5.53. The number of sulfonamides is 1. The van der Waals surface area contributed by atoms with Crippen LogP contribution in [-0.4, -0.2) is 35.0 Å². The maximum absolute atomic E-state index is 13.1. The van der Waals surface area contributed by atoms with Crippen molar-refractivity contribution in [3.8, 4) is 5.75 Å². The summed E-state index contributed by atoms with van der Waals surface area (Å²) in [7, 11) is -0.357. The molecule has 0 saturated carbocycles. The van der Waals surface area contributed by atoms with Crippen molar-refractivity contribution >= 4 is 27.3 Å². The third-order valence-corrected chi connectivity index (χ3v) is 7.36. The minimum atomic E-state index is -3.64. The number of carbonyl (C=O) groups is 1. The second kappa shape index (κ2) is 8.07. The standard InChI is InChI=1S/C24H24N2O4S/c1-17-7-10-22(11-8-17)31(28,29)26-14-13-18-15-19(9-12-23(18)26)24(27)25(2)20-5-4-6-21(16-20)30-3/h4-12,15-16H,13-14H2,1-3H3. The first-order valence-electron chi connectivity index (χ1n) is 9.96. The SMILES string of the molecule is COc1cccc(N(C)C(=O)c2ccc3c(c2)CCN3S(=O)(=O)c2ccc(C)cc2)c1. The number of amides is 1. The zero-order chi connectivity index (χ0) is 22.2. The Kier molecular flexibility index (Phi) is 5.45. The summed E-state index contributed by atoms with van der Waals surface area (Å²) in [5.41, 5.74) is 3.71. The summed E-state index contributed by atoms with van der Waals surface area (Å²) in [5.74, 6) is 0.499. The molecule has 0 saturated heterocycles. The molecule has 0 radical (unpaired) electrons. The van der Waals surface area contributed by atoms with Gasteiger partial charge in [-0.05, 0) is 61.4 Å². The highest BCUT2D eigenvalue weighted by Gasteiger charge is 2.31. The van der Waals surface area contributed by atoms with Crippen molar-refractivity contribution in [3.63, 3.8) is 0 Å². The van der Waals surface area contributed by atoms with Gasteiger partial charge in [0.05, 0.1) is 17.7 Å². The summed E-state index contributed by atoms with van der Waals surface area (Å²) in [6.45, 7) is 2.28. The van der Waals surface area contributed by atoms with Crippen LogP contribution in [0.25, 0.3) is 0 Å². The summed E-state index contributed by atoms with van der Waals surface area (Å²) < 4.78 is 32.9. The van der Waals surface area contributed by atoms with Crippen LogP contribution in [0, 0.1) is 6.92 Å². The Morgan fingerprint density at radius 3 is 2.48 bits per heavy atom. The van der Waals surface area contributed by atoms with Crippen LogP contribution >= 0.6 is 0 Å². The normalized spacial score (nSPS) is 13.1. The maximum Gasteiger partial charge on any atom is 0.264 e. The van der Waals surface area contributed by atoms with E-state index in [0.717, 1.165) is 11.1 Å². The number of carbonyl (C=O) groups excluding carboxylic acids is 1. The fraction of sp³-hybridized carbons (Fsp3) is 0.208. The van der Waals surface area contributed by atoms with Gasteiger partial charge in [0.25, 0.3) is 15.9 Å². The Bertz CT molecular complexity index is 1240. The van der Waals surface area contributed by atoms with Gasteiger partial charge in [-0.1, -0.05) is 23.8 Å². The van der Waals surface area contributed by atoms with Crippen molar-refractivity contribution in [3.05, 3.63) is 83.4 Å². The topological polar surface area (TPSA) is 66.9 Å². The van der Waals surface area contributed by atoms with Crippen LogP contribution < -0.4 is 13.9 Å². The van der Waals surface area contributed by atoms with Crippen LogP contribution in [0.5, 0.6) is 5.75 Å². The number of anilines is 2. The quantitative estimate of drug-likeness (QED) is 0.606. The van der Waals surface area contributed by atoms with Crippen LogP contribution in [0.2, 0.25) is 0 Å². The van der Waals surface area contributed by atoms with E-state index in [9.17, 15) is 13.2 Å². The van der Waals surface area contributed by atoms with E-state index in [4.69, 9.17) is 4.74 Å². The lowest BCUT2D eigenvalue weighted by molar-refractivity contribution is 0.0993. The number of hydrogen-bond donors (Lipinski definition) is 0. The van der Waals surface area contributed by atoms with Gasteiger partial charge in [-0.3, -0.25) is 9.10 Å². The van der Waals surface area contributed by atoms with E-state index in [-0.39, 0.29) is 10.8 Å². The van der Waals surface area contributed by atoms with E-state index in [2.05, 4.69) is 0 Å². The molecule has 31 heavy (non-hydrogen) atoms. The lowest BCUT2D eigenvalue weighted by Crippen LogP contribution is -2.29. The van der Waals surface area contributed by atoms with E-state index in [1.165, 1.54) is 4.31 Å². The highest BCUT2D eigenvalue weighted by Crippen LogP contribution is 2.34. The van der Waals surface area contributed by atoms with E-state index in [1.807, 2.05) is 25.1 Å². The lowest BCUT2D eigenvalue weighted by Gasteiger charge is -2.21. The molecule has 1 aliphatic heterocycles. The Morgan fingerprint density at radius 2 is 1.77 bits per heavy atom. The lowest BCUT2D eigenvalue weighted by atomic mass is 10.1. The van der Waals surface area contributed by atoms with E-state index in [1.54, 1.807) is 67.6 Å². The van der Waals surface area contributed by atoms with Crippen molar-refractivity contribution in [2.75, 3.05) is 29.9 Å². The van der Waals surface area contributed by atoms with Gasteiger partial charge in [-0.15, -0.1) is 0 Å². The minimum Gasteiger partial charge on any atom is -0.497 e. The molecule has 6 nitrogen and oxygen atoms in total. The predicted octanol–water partition coefficient (Wildman–Crippen LogP) is 4.03. The first kappa shape index (κ1) is 20.9. The highest BCUT2D eigenvalue weighted by molar-refractivity contribution is 7.92. The molecule has 1 aliphatic rings. The number of methoxy groups -OCH3 is 1. The Hall–Kier alpha value is -3.32. The zero-order valence-corrected chi connectivity index (χ0v) is 18.5. The molecule has 3 aromatic carbocycles. The average Bonchev–Trinajstić information content (AvgIpc) is 3.22. The molecule has 4 rings (SSSR count). The number of rotatable bonds is 5. The molecule has 0 aromatic heterocycles. The third kappa shape index (κ3) is 3.88. The van der Waals surface area contributed by atoms with Gasteiger partial charge in [-0.25, -0.2) is 8.42 Å². The van der Waals surface area contributed by atoms with Gasteiger partial charge < -0.3 is 9.64 Å². The summed E-state index contributed by atoms with van der Waals surface area (Å²) in [6, 6.07) is 19.3. The van der Waals surface area contributed by atoms with Crippen molar-refractivity contribution < 1.29 is 17.9 Å². The van der Waals surface area contributed by atoms with Crippen LogP contribution in [0.4, 0.5) is 11.4 Å². The van der Waals surface area contributed by atoms with Gasteiger partial charge >= 0.3 is 0 Å². The number of fused-ring (bicyclic) bond motifs is 1. The Morgan fingerprint density at radius 1 is 1.03 bits per heavy atom. The molecule has 3 aromatic rings. The Balaban J connectivity index is 1.61. The van der Waals surface area contributed by atoms with Crippen molar-refractivity contribution in [1.82, 2.24) is 0 Å². The molecule has 0 fully saturated rings. The molecule has 0 aliphatic carbocycles. The first-order chi connectivity index (χ1) is 14.8. The van der Waals surface area contributed by atoms with Gasteiger partial charge in [0.15, 0.2) is 0 Å². The summed E-state index contributed by atoms with van der Waals surface area (Å²) in [4.78, 5) is 14.9. The number of benzene rings is 3. The van der Waals surface area contributed by atoms with E-state index in [0.29, 0.717) is 35.7 Å². The number of nitrogens with zero attached hydrogens (tertiary/aromatic N) is 2. The van der Waals surface area contributed by atoms with E-state index >= 15 is 0 Å². The van der Waals surface area contributed by atoms with Crippen LogP contribution in [-0.2, 0) is 16.4 Å². The van der Waals surface area contributed by atoms with Gasteiger partial charge in [-0.2, -0.15) is 0 Å². The van der Waals surface area contributed by atoms with Crippen LogP contribution in [0.15, 0.2) is 71.6 Å². The largest absolute Gasteiger partial charge is 0.497 e. The fourth-order valence-corrected chi connectivity index (χ4v) is 5.22. The van der Waals surface area contributed by atoms with Gasteiger partial charge in [0, 0.05) is 30.9 Å². The summed E-state index contributed by atoms with van der Waals surface area (Å²) in [6.07, 6.45) is 0.560. The fourth-order valence-electron chi connectivity index (χ4n) is 3.72. The van der Waals surface area contributed by atoms with Crippen molar-refractivity contribution in [2.24, 2.45) is 0 Å². The maximum atomic E-state index is 13.1. The molecule has 1 amide bonds. The molecule has 160 valence electrons. The van der Waals surface area contributed by atoms with Crippen molar-refractivity contribution in [2.45, 2.75) is 18.2 Å². The van der Waals surface area contributed by atoms with Crippen LogP contribution in [0.1, 0.15) is 21.5 Å². The number of ether oxygens (including phenoxy) is 1. The summed E-state index contributed by atoms with van der Waals surface area (Å²) >= 11 is 0. The predicted molar refractivity (Wildman–Crippen MR) is 122 cm³/mol. The molecular weight excluding hydrogens is 412 g/mol. The van der Waals surface area contributed by atoms with E-state index < -0.39 is 10.0 Å². The second-order valence-electron chi connectivity index (χ2n) is 7.55. The molecule has 1 heterocycles. The smallest absolute Gasteiger partial charge is 0.264 e. The zero-order valence-electron chi connectivity index (χ0n) is 17.7. The number of aryl methyl sites for hydroxylation is 1.